The van der Waals surface area contributed by atoms with Crippen molar-refractivity contribution in [3.8, 4) is 0 Å². The summed E-state index contributed by atoms with van der Waals surface area (Å²) in [5, 5.41) is 0. The lowest BCUT2D eigenvalue weighted by Crippen LogP contribution is -2.27. The molecule has 13 heavy (non-hydrogen) atoms. The summed E-state index contributed by atoms with van der Waals surface area (Å²) in [7, 11) is 0. The van der Waals surface area contributed by atoms with Crippen LogP contribution < -0.4 is 0 Å². The first-order chi connectivity index (χ1) is 6.40. The van der Waals surface area contributed by atoms with Crippen LogP contribution in [0.2, 0.25) is 0 Å². The van der Waals surface area contributed by atoms with E-state index in [4.69, 9.17) is 0 Å². The van der Waals surface area contributed by atoms with E-state index in [2.05, 4.69) is 13.0 Å². The molecule has 0 radical (unpaired) electrons. The van der Waals surface area contributed by atoms with E-state index in [0.29, 0.717) is 0 Å². The van der Waals surface area contributed by atoms with Crippen molar-refractivity contribution in [2.24, 2.45) is 23.7 Å². The highest BCUT2D eigenvalue weighted by Gasteiger charge is 2.49. The number of hydrogen-bond donors (Lipinski definition) is 0. The number of fused-ring (bicyclic) bond motifs is 5. The Balaban J connectivity index is 1.91. The lowest BCUT2D eigenvalue weighted by Gasteiger charge is -2.37. The second-order valence-electron chi connectivity index (χ2n) is 5.28. The number of hydrogen-bond acceptors (Lipinski definition) is 0. The largest absolute Gasteiger partial charge is 0.0882 e. The van der Waals surface area contributed by atoms with Crippen LogP contribution in [0.1, 0.15) is 45.4 Å². The molecule has 0 aromatic heterocycles. The van der Waals surface area contributed by atoms with Gasteiger partial charge in [0.2, 0.25) is 0 Å². The fourth-order valence-corrected chi connectivity index (χ4v) is 4.45. The van der Waals surface area contributed by atoms with E-state index in [-0.39, 0.29) is 0 Å². The maximum atomic E-state index is 2.43. The van der Waals surface area contributed by atoms with Crippen molar-refractivity contribution < 1.29 is 0 Å². The first kappa shape index (κ1) is 8.08. The van der Waals surface area contributed by atoms with Crippen LogP contribution in [0.3, 0.4) is 0 Å². The summed E-state index contributed by atoms with van der Waals surface area (Å²) in [6, 6.07) is 0. The summed E-state index contributed by atoms with van der Waals surface area (Å²) in [6.45, 7) is 2.25. The van der Waals surface area contributed by atoms with E-state index in [1.165, 1.54) is 12.8 Å². The smallest absolute Gasteiger partial charge is 0.0144 e. The molecule has 0 aromatic carbocycles. The van der Waals surface area contributed by atoms with Crippen molar-refractivity contribution in [1.82, 2.24) is 0 Å². The predicted octanol–water partition coefficient (Wildman–Crippen LogP) is 3.78. The van der Waals surface area contributed by atoms with E-state index in [1.807, 2.05) is 5.57 Å². The van der Waals surface area contributed by atoms with Crippen molar-refractivity contribution in [3.63, 3.8) is 0 Å². The first-order valence-corrected chi connectivity index (χ1v) is 6.05. The van der Waals surface area contributed by atoms with Gasteiger partial charge >= 0.3 is 0 Å². The van der Waals surface area contributed by atoms with Crippen LogP contribution in [0.4, 0.5) is 0 Å². The fourth-order valence-electron chi connectivity index (χ4n) is 4.45. The van der Waals surface area contributed by atoms with Gasteiger partial charge in [-0.25, -0.2) is 0 Å². The zero-order chi connectivity index (χ0) is 8.84. The van der Waals surface area contributed by atoms with Gasteiger partial charge in [-0.3, -0.25) is 0 Å². The van der Waals surface area contributed by atoms with Crippen LogP contribution in [0.15, 0.2) is 11.6 Å². The Kier molecular flexibility index (Phi) is 1.78. The zero-order valence-electron chi connectivity index (χ0n) is 8.63. The first-order valence-electron chi connectivity index (χ1n) is 6.05. The van der Waals surface area contributed by atoms with Crippen LogP contribution in [-0.4, -0.2) is 0 Å². The SMILES string of the molecule is CC=C1CCCC2C3CCC(C3)C12. The molecule has 4 unspecified atom stereocenters. The molecule has 72 valence electrons. The second-order valence-corrected chi connectivity index (χ2v) is 5.28. The Morgan fingerprint density at radius 1 is 1.15 bits per heavy atom. The Hall–Kier alpha value is -0.260. The van der Waals surface area contributed by atoms with Gasteiger partial charge in [0.1, 0.15) is 0 Å². The van der Waals surface area contributed by atoms with Crippen LogP contribution in [0, 0.1) is 23.7 Å². The quantitative estimate of drug-likeness (QED) is 0.493. The highest BCUT2D eigenvalue weighted by molar-refractivity contribution is 5.17. The van der Waals surface area contributed by atoms with Crippen molar-refractivity contribution in [2.75, 3.05) is 0 Å². The van der Waals surface area contributed by atoms with Gasteiger partial charge in [0.15, 0.2) is 0 Å². The summed E-state index contributed by atoms with van der Waals surface area (Å²) in [6.07, 6.45) is 11.5. The molecule has 0 nitrogen and oxygen atoms in total. The summed E-state index contributed by atoms with van der Waals surface area (Å²) < 4.78 is 0. The molecule has 0 amide bonds. The number of rotatable bonds is 0. The van der Waals surface area contributed by atoms with Gasteiger partial charge in [-0.05, 0) is 69.1 Å². The Labute approximate surface area is 81.4 Å². The highest BCUT2D eigenvalue weighted by Crippen LogP contribution is 2.58. The van der Waals surface area contributed by atoms with Gasteiger partial charge in [-0.1, -0.05) is 11.6 Å². The van der Waals surface area contributed by atoms with E-state index in [9.17, 15) is 0 Å². The topological polar surface area (TPSA) is 0 Å². The summed E-state index contributed by atoms with van der Waals surface area (Å²) in [4.78, 5) is 0. The average Bonchev–Trinajstić information content (AvgIpc) is 2.77. The second kappa shape index (κ2) is 2.87. The monoisotopic (exact) mass is 176 g/mol. The zero-order valence-corrected chi connectivity index (χ0v) is 8.63. The molecule has 3 fully saturated rings. The molecule has 4 atom stereocenters. The third kappa shape index (κ3) is 1.04. The van der Waals surface area contributed by atoms with Crippen molar-refractivity contribution >= 4 is 0 Å². The molecule has 2 bridgehead atoms. The van der Waals surface area contributed by atoms with E-state index < -0.39 is 0 Å². The molecule has 0 spiro atoms. The normalized spacial score (nSPS) is 51.3. The molecule has 3 aliphatic carbocycles. The highest BCUT2D eigenvalue weighted by atomic mass is 14.5. The minimum atomic E-state index is 1.04. The van der Waals surface area contributed by atoms with E-state index in [1.54, 1.807) is 25.7 Å². The van der Waals surface area contributed by atoms with E-state index >= 15 is 0 Å². The third-order valence-corrected chi connectivity index (χ3v) is 4.89. The van der Waals surface area contributed by atoms with Gasteiger partial charge in [-0.2, -0.15) is 0 Å². The minimum Gasteiger partial charge on any atom is -0.0882 e. The van der Waals surface area contributed by atoms with Crippen molar-refractivity contribution in [3.05, 3.63) is 11.6 Å². The van der Waals surface area contributed by atoms with E-state index in [0.717, 1.165) is 23.7 Å². The molecule has 3 aliphatic rings. The summed E-state index contributed by atoms with van der Waals surface area (Å²) >= 11 is 0. The summed E-state index contributed by atoms with van der Waals surface area (Å²) in [5.74, 6) is 4.38. The van der Waals surface area contributed by atoms with Crippen LogP contribution >= 0.6 is 0 Å². The van der Waals surface area contributed by atoms with Gasteiger partial charge in [-0.15, -0.1) is 0 Å². The van der Waals surface area contributed by atoms with Gasteiger partial charge in [0.05, 0.1) is 0 Å². The molecule has 0 heterocycles. The molecule has 0 N–H and O–H groups in total. The van der Waals surface area contributed by atoms with Gasteiger partial charge in [0.25, 0.3) is 0 Å². The van der Waals surface area contributed by atoms with Crippen LogP contribution in [-0.2, 0) is 0 Å². The number of allylic oxidation sites excluding steroid dienone is 2. The predicted molar refractivity (Wildman–Crippen MR) is 55.4 cm³/mol. The van der Waals surface area contributed by atoms with Crippen LogP contribution in [0.25, 0.3) is 0 Å². The van der Waals surface area contributed by atoms with Gasteiger partial charge < -0.3 is 0 Å². The maximum absolute atomic E-state index is 2.43. The average molecular weight is 176 g/mol. The van der Waals surface area contributed by atoms with Crippen molar-refractivity contribution in [1.29, 1.82) is 0 Å². The molecular formula is C13H20. The standard InChI is InChI=1S/C13H20/c1-2-9-4-3-5-12-10-6-7-11(8-10)13(9)12/h2,10-13H,3-8H2,1H3. The Bertz CT molecular complexity index is 238. The Morgan fingerprint density at radius 3 is 2.85 bits per heavy atom. The molecule has 3 rings (SSSR count). The molecule has 0 aliphatic heterocycles. The summed E-state index contributed by atoms with van der Waals surface area (Å²) in [5.41, 5.74) is 1.82. The minimum absolute atomic E-state index is 1.04. The maximum Gasteiger partial charge on any atom is -0.0144 e. The molecule has 3 saturated carbocycles. The third-order valence-electron chi connectivity index (χ3n) is 4.89. The Morgan fingerprint density at radius 2 is 2.00 bits per heavy atom. The van der Waals surface area contributed by atoms with Crippen molar-refractivity contribution in [2.45, 2.75) is 45.4 Å². The molecule has 0 heteroatoms. The fraction of sp³-hybridized carbons (Fsp3) is 0.846. The lowest BCUT2D eigenvalue weighted by atomic mass is 9.68. The molecular weight excluding hydrogens is 156 g/mol. The van der Waals surface area contributed by atoms with Crippen LogP contribution in [0.5, 0.6) is 0 Å². The molecule has 0 saturated heterocycles. The van der Waals surface area contributed by atoms with Gasteiger partial charge in [0, 0.05) is 0 Å². The molecule has 0 aromatic rings. The lowest BCUT2D eigenvalue weighted by molar-refractivity contribution is 0.208.